The summed E-state index contributed by atoms with van der Waals surface area (Å²) in [6.07, 6.45) is 4.60. The topological polar surface area (TPSA) is 86.2 Å². The molecular formula is C22H32N4O2. The van der Waals surface area contributed by atoms with Gasteiger partial charge in [-0.05, 0) is 71.2 Å². The molecule has 1 aromatic carbocycles. The molecule has 2 heterocycles. The second kappa shape index (κ2) is 8.88. The van der Waals surface area contributed by atoms with Crippen LogP contribution in [0.15, 0.2) is 22.6 Å². The Kier molecular flexibility index (Phi) is 6.52. The van der Waals surface area contributed by atoms with Crippen molar-refractivity contribution in [3.05, 3.63) is 29.7 Å². The minimum Gasteiger partial charge on any atom is -0.437 e. The second-order valence-electron chi connectivity index (χ2n) is 8.26. The first kappa shape index (κ1) is 20.6. The standard InChI is InChI=1S/C22H32N4O2/c1-5-27-14-18-26-19-20(28-18)16-13-15(10-11-17(16)25-21(19)23)9-7-6-8-12-24-22(2,3)4/h10-11,13,24H,5-9,12,14H2,1-4H3,(H2,23,25). The van der Waals surface area contributed by atoms with Gasteiger partial charge in [-0.25, -0.2) is 9.97 Å². The number of anilines is 1. The SMILES string of the molecule is CCOCc1nc2c(N)nc3ccc(CCCCCNC(C)(C)C)cc3c2o1. The number of nitrogens with two attached hydrogens (primary N) is 1. The summed E-state index contributed by atoms with van der Waals surface area (Å²) in [4.78, 5) is 8.95. The highest BCUT2D eigenvalue weighted by Gasteiger charge is 2.14. The zero-order valence-corrected chi connectivity index (χ0v) is 17.5. The van der Waals surface area contributed by atoms with Crippen molar-refractivity contribution in [3.8, 4) is 0 Å². The summed E-state index contributed by atoms with van der Waals surface area (Å²) in [5.74, 6) is 0.933. The van der Waals surface area contributed by atoms with Gasteiger partial charge in [0.2, 0.25) is 5.89 Å². The van der Waals surface area contributed by atoms with Crippen molar-refractivity contribution in [2.75, 3.05) is 18.9 Å². The molecule has 3 aromatic rings. The number of aryl methyl sites for hydroxylation is 1. The highest BCUT2D eigenvalue weighted by molar-refractivity contribution is 6.05. The minimum atomic E-state index is 0.191. The van der Waals surface area contributed by atoms with Crippen molar-refractivity contribution < 1.29 is 9.15 Å². The molecule has 6 nitrogen and oxygen atoms in total. The summed E-state index contributed by atoms with van der Waals surface area (Å²) in [6.45, 7) is 10.6. The van der Waals surface area contributed by atoms with Gasteiger partial charge in [0, 0.05) is 17.5 Å². The van der Waals surface area contributed by atoms with Gasteiger partial charge in [0.05, 0.1) is 5.52 Å². The molecule has 0 radical (unpaired) electrons. The predicted molar refractivity (Wildman–Crippen MR) is 114 cm³/mol. The van der Waals surface area contributed by atoms with Crippen LogP contribution in [0.1, 0.15) is 58.4 Å². The molecule has 3 rings (SSSR count). The van der Waals surface area contributed by atoms with Crippen LogP contribution in [-0.4, -0.2) is 28.7 Å². The monoisotopic (exact) mass is 384 g/mol. The molecule has 0 saturated carbocycles. The van der Waals surface area contributed by atoms with E-state index >= 15 is 0 Å². The lowest BCUT2D eigenvalue weighted by Crippen LogP contribution is -2.36. The lowest BCUT2D eigenvalue weighted by molar-refractivity contribution is 0.116. The van der Waals surface area contributed by atoms with Crippen LogP contribution >= 0.6 is 0 Å². The Hall–Kier alpha value is -2.18. The summed E-state index contributed by atoms with van der Waals surface area (Å²) in [5.41, 5.74) is 9.71. The van der Waals surface area contributed by atoms with E-state index in [4.69, 9.17) is 14.9 Å². The molecule has 0 aliphatic rings. The number of oxazole rings is 1. The van der Waals surface area contributed by atoms with Crippen LogP contribution < -0.4 is 11.1 Å². The first-order valence-electron chi connectivity index (χ1n) is 10.2. The number of unbranched alkanes of at least 4 members (excludes halogenated alkanes) is 2. The lowest BCUT2D eigenvalue weighted by Gasteiger charge is -2.20. The molecule has 152 valence electrons. The third-order valence-corrected chi connectivity index (χ3v) is 4.69. The molecule has 0 atom stereocenters. The number of nitrogens with zero attached hydrogens (tertiary/aromatic N) is 2. The van der Waals surface area contributed by atoms with E-state index in [9.17, 15) is 0 Å². The number of rotatable bonds is 9. The van der Waals surface area contributed by atoms with Gasteiger partial charge in [-0.2, -0.15) is 0 Å². The zero-order chi connectivity index (χ0) is 20.1. The molecule has 0 fully saturated rings. The van der Waals surface area contributed by atoms with Gasteiger partial charge >= 0.3 is 0 Å². The summed E-state index contributed by atoms with van der Waals surface area (Å²) >= 11 is 0. The third kappa shape index (κ3) is 5.20. The van der Waals surface area contributed by atoms with Gasteiger partial charge in [0.15, 0.2) is 16.9 Å². The zero-order valence-electron chi connectivity index (χ0n) is 17.5. The van der Waals surface area contributed by atoms with Gasteiger partial charge in [0.1, 0.15) is 6.61 Å². The van der Waals surface area contributed by atoms with E-state index in [1.165, 1.54) is 18.4 Å². The van der Waals surface area contributed by atoms with Gasteiger partial charge in [-0.1, -0.05) is 12.5 Å². The van der Waals surface area contributed by atoms with Crippen molar-refractivity contribution in [2.45, 2.75) is 65.5 Å². The van der Waals surface area contributed by atoms with E-state index in [1.807, 2.05) is 13.0 Å². The van der Waals surface area contributed by atoms with Crippen LogP contribution in [0.5, 0.6) is 0 Å². The fraction of sp³-hybridized carbons (Fsp3) is 0.545. The van der Waals surface area contributed by atoms with Gasteiger partial charge in [0.25, 0.3) is 0 Å². The number of fused-ring (bicyclic) bond motifs is 3. The Balaban J connectivity index is 1.70. The van der Waals surface area contributed by atoms with E-state index in [-0.39, 0.29) is 5.54 Å². The number of pyridine rings is 1. The molecule has 0 saturated heterocycles. The van der Waals surface area contributed by atoms with Crippen LogP contribution in [0.2, 0.25) is 0 Å². The van der Waals surface area contributed by atoms with Gasteiger partial charge < -0.3 is 20.2 Å². The molecule has 0 aliphatic heterocycles. The Morgan fingerprint density at radius 1 is 1.14 bits per heavy atom. The Morgan fingerprint density at radius 3 is 2.71 bits per heavy atom. The van der Waals surface area contributed by atoms with E-state index in [2.05, 4.69) is 48.2 Å². The van der Waals surface area contributed by atoms with E-state index in [0.717, 1.165) is 30.3 Å². The second-order valence-corrected chi connectivity index (χ2v) is 8.26. The molecular weight excluding hydrogens is 352 g/mol. The molecule has 0 bridgehead atoms. The fourth-order valence-electron chi connectivity index (χ4n) is 3.27. The number of ether oxygens (including phenoxy) is 1. The summed E-state index contributed by atoms with van der Waals surface area (Å²) in [5, 5.41) is 4.50. The predicted octanol–water partition coefficient (Wildman–Crippen LogP) is 4.60. The normalized spacial score (nSPS) is 12.3. The highest BCUT2D eigenvalue weighted by atomic mass is 16.5. The first-order valence-corrected chi connectivity index (χ1v) is 10.2. The maximum absolute atomic E-state index is 6.08. The lowest BCUT2D eigenvalue weighted by atomic mass is 10.0. The summed E-state index contributed by atoms with van der Waals surface area (Å²) < 4.78 is 11.4. The average Bonchev–Trinajstić information content (AvgIpc) is 3.07. The smallest absolute Gasteiger partial charge is 0.221 e. The largest absolute Gasteiger partial charge is 0.437 e. The van der Waals surface area contributed by atoms with Crippen LogP contribution in [0.3, 0.4) is 0 Å². The fourth-order valence-corrected chi connectivity index (χ4v) is 3.27. The number of aromatic nitrogens is 2. The number of nitrogens with one attached hydrogen (secondary N) is 1. The van der Waals surface area contributed by atoms with E-state index in [0.29, 0.717) is 36.0 Å². The van der Waals surface area contributed by atoms with Crippen LogP contribution in [0.4, 0.5) is 5.82 Å². The maximum Gasteiger partial charge on any atom is 0.221 e. The Bertz CT molecular complexity index is 928. The van der Waals surface area contributed by atoms with Crippen LogP contribution in [0.25, 0.3) is 22.0 Å². The molecule has 0 spiro atoms. The van der Waals surface area contributed by atoms with Gasteiger partial charge in [-0.15, -0.1) is 0 Å². The summed E-state index contributed by atoms with van der Waals surface area (Å²) in [6, 6.07) is 6.31. The molecule has 2 aromatic heterocycles. The van der Waals surface area contributed by atoms with Gasteiger partial charge in [-0.3, -0.25) is 0 Å². The quantitative estimate of drug-likeness (QED) is 0.525. The molecule has 0 amide bonds. The third-order valence-electron chi connectivity index (χ3n) is 4.69. The number of benzene rings is 1. The van der Waals surface area contributed by atoms with Crippen molar-refractivity contribution >= 4 is 27.8 Å². The number of hydrogen-bond acceptors (Lipinski definition) is 6. The van der Waals surface area contributed by atoms with Crippen molar-refractivity contribution in [2.24, 2.45) is 0 Å². The van der Waals surface area contributed by atoms with E-state index in [1.54, 1.807) is 0 Å². The maximum atomic E-state index is 6.08. The first-order chi connectivity index (χ1) is 13.4. The molecule has 3 N–H and O–H groups in total. The van der Waals surface area contributed by atoms with Crippen molar-refractivity contribution in [1.29, 1.82) is 0 Å². The molecule has 28 heavy (non-hydrogen) atoms. The highest BCUT2D eigenvalue weighted by Crippen LogP contribution is 2.29. The van der Waals surface area contributed by atoms with Crippen LogP contribution in [-0.2, 0) is 17.8 Å². The minimum absolute atomic E-state index is 0.191. The Morgan fingerprint density at radius 2 is 1.96 bits per heavy atom. The van der Waals surface area contributed by atoms with Crippen molar-refractivity contribution in [3.63, 3.8) is 0 Å². The number of hydrogen-bond donors (Lipinski definition) is 2. The molecule has 0 unspecified atom stereocenters. The molecule has 6 heteroatoms. The molecule has 0 aliphatic carbocycles. The number of nitrogen functional groups attached to an aromatic ring is 1. The Labute approximate surface area is 166 Å². The van der Waals surface area contributed by atoms with Crippen LogP contribution in [0, 0.1) is 0 Å². The summed E-state index contributed by atoms with van der Waals surface area (Å²) in [7, 11) is 0. The van der Waals surface area contributed by atoms with E-state index < -0.39 is 0 Å². The average molecular weight is 385 g/mol. The van der Waals surface area contributed by atoms with Crippen molar-refractivity contribution in [1.82, 2.24) is 15.3 Å².